The molecule has 0 saturated carbocycles. The van der Waals surface area contributed by atoms with E-state index in [0.717, 1.165) is 21.2 Å². The first-order valence-corrected chi connectivity index (χ1v) is 8.06. The molecule has 5 nitrogen and oxygen atoms in total. The Morgan fingerprint density at radius 1 is 0.923 bits per heavy atom. The minimum atomic E-state index is -1.13. The summed E-state index contributed by atoms with van der Waals surface area (Å²) in [5.41, 5.74) is 2.88. The van der Waals surface area contributed by atoms with Crippen LogP contribution in [0.1, 0.15) is 10.5 Å². The third-order valence-corrected chi connectivity index (χ3v) is 4.23. The highest BCUT2D eigenvalue weighted by atomic mass is 16.5. The predicted molar refractivity (Wildman–Crippen MR) is 98.5 cm³/mol. The summed E-state index contributed by atoms with van der Waals surface area (Å²) in [6.07, 6.45) is 1.43. The van der Waals surface area contributed by atoms with Crippen molar-refractivity contribution < 1.29 is 14.6 Å². The Balaban J connectivity index is 2.13. The predicted octanol–water partition coefficient (Wildman–Crippen LogP) is 3.90. The Hall–Kier alpha value is -3.73. The molecule has 0 unspecified atom stereocenters. The molecule has 0 atom stereocenters. The number of fused-ring (bicyclic) bond motifs is 1. The fourth-order valence-corrected chi connectivity index (χ4v) is 3.05. The average molecular weight is 342 g/mol. The molecule has 0 radical (unpaired) electrons. The van der Waals surface area contributed by atoms with Gasteiger partial charge in [0.05, 0.1) is 0 Å². The minimum Gasteiger partial charge on any atom is -0.618 e. The van der Waals surface area contributed by atoms with Gasteiger partial charge in [0.1, 0.15) is 11.2 Å². The van der Waals surface area contributed by atoms with Crippen LogP contribution >= 0.6 is 0 Å². The van der Waals surface area contributed by atoms with E-state index in [1.807, 2.05) is 48.5 Å². The fraction of sp³-hybridized carbons (Fsp3) is 0. The second-order valence-corrected chi connectivity index (χ2v) is 5.84. The molecule has 5 heteroatoms. The van der Waals surface area contributed by atoms with Crippen LogP contribution in [0.3, 0.4) is 0 Å². The first kappa shape index (κ1) is 15.8. The zero-order valence-corrected chi connectivity index (χ0v) is 13.7. The van der Waals surface area contributed by atoms with E-state index in [9.17, 15) is 15.1 Å². The maximum Gasteiger partial charge on any atom is 0.354 e. The molecule has 0 saturated heterocycles. The number of aromatic carboxylic acids is 1. The summed E-state index contributed by atoms with van der Waals surface area (Å²) in [5, 5.41) is 22.7. The van der Waals surface area contributed by atoms with Gasteiger partial charge in [-0.2, -0.15) is 4.73 Å². The largest absolute Gasteiger partial charge is 0.618 e. The van der Waals surface area contributed by atoms with Crippen LogP contribution in [0.15, 0.2) is 79.0 Å². The van der Waals surface area contributed by atoms with Crippen molar-refractivity contribution in [2.75, 3.05) is 0 Å². The van der Waals surface area contributed by atoms with Crippen molar-refractivity contribution in [3.05, 3.63) is 89.9 Å². The maximum atomic E-state index is 12.5. The zero-order chi connectivity index (χ0) is 18.1. The molecule has 2 heterocycles. The number of pyridine rings is 2. The lowest BCUT2D eigenvalue weighted by Gasteiger charge is -2.12. The average Bonchev–Trinajstić information content (AvgIpc) is 2.68. The number of carboxylic acid groups (broad SMARTS) is 1. The summed E-state index contributed by atoms with van der Waals surface area (Å²) in [6.45, 7) is 0. The normalized spacial score (nSPS) is 10.8. The molecule has 0 aliphatic heterocycles. The zero-order valence-electron chi connectivity index (χ0n) is 13.7. The van der Waals surface area contributed by atoms with Crippen molar-refractivity contribution in [2.24, 2.45) is 0 Å². The second kappa shape index (κ2) is 6.29. The monoisotopic (exact) mass is 342 g/mol. The number of hydrogen-bond acceptors (Lipinski definition) is 3. The van der Waals surface area contributed by atoms with Gasteiger partial charge in [-0.25, -0.2) is 9.78 Å². The highest BCUT2D eigenvalue weighted by Gasteiger charge is 2.20. The highest BCUT2D eigenvalue weighted by Crippen LogP contribution is 2.32. The fourth-order valence-electron chi connectivity index (χ4n) is 3.05. The van der Waals surface area contributed by atoms with Crippen LogP contribution in [0.4, 0.5) is 0 Å². The molecule has 0 bridgehead atoms. The van der Waals surface area contributed by atoms with E-state index >= 15 is 0 Å². The molecule has 0 fully saturated rings. The van der Waals surface area contributed by atoms with E-state index in [0.29, 0.717) is 16.8 Å². The lowest BCUT2D eigenvalue weighted by molar-refractivity contribution is -0.592. The Morgan fingerprint density at radius 2 is 1.54 bits per heavy atom. The second-order valence-electron chi connectivity index (χ2n) is 5.84. The number of nitrogens with zero attached hydrogens (tertiary/aromatic N) is 2. The quantitative estimate of drug-likeness (QED) is 0.452. The van der Waals surface area contributed by atoms with Gasteiger partial charge in [0.15, 0.2) is 6.20 Å². The highest BCUT2D eigenvalue weighted by molar-refractivity contribution is 6.02. The number of hydrogen-bond donors (Lipinski definition) is 1. The van der Waals surface area contributed by atoms with Crippen molar-refractivity contribution in [3.63, 3.8) is 0 Å². The van der Waals surface area contributed by atoms with Crippen molar-refractivity contribution in [1.82, 2.24) is 4.98 Å². The van der Waals surface area contributed by atoms with E-state index in [-0.39, 0.29) is 5.69 Å². The standard InChI is InChI=1S/C21H14N2O3/c24-21(25)18-13-17(14-7-3-1-4-8-14)16-11-12-23(26)20(19(16)22-18)15-9-5-2-6-10-15/h1-13H,(H,24,25). The number of benzene rings is 2. The summed E-state index contributed by atoms with van der Waals surface area (Å²) in [7, 11) is 0. The summed E-state index contributed by atoms with van der Waals surface area (Å²) in [6, 6.07) is 21.8. The molecule has 0 aliphatic carbocycles. The molecule has 2 aromatic heterocycles. The molecule has 26 heavy (non-hydrogen) atoms. The molecular weight excluding hydrogens is 328 g/mol. The Bertz CT molecular complexity index is 1110. The molecule has 1 N–H and O–H groups in total. The molecule has 0 amide bonds. The Morgan fingerprint density at radius 3 is 2.15 bits per heavy atom. The van der Waals surface area contributed by atoms with Crippen LogP contribution in [0.5, 0.6) is 0 Å². The number of rotatable bonds is 3. The van der Waals surface area contributed by atoms with Crippen LogP contribution in [-0.4, -0.2) is 16.1 Å². The van der Waals surface area contributed by atoms with Crippen LogP contribution in [0, 0.1) is 5.21 Å². The molecule has 0 spiro atoms. The van der Waals surface area contributed by atoms with Gasteiger partial charge in [-0.3, -0.25) is 0 Å². The van der Waals surface area contributed by atoms with Gasteiger partial charge in [0, 0.05) is 17.0 Å². The topological polar surface area (TPSA) is 77.1 Å². The van der Waals surface area contributed by atoms with Crippen molar-refractivity contribution in [3.8, 4) is 22.4 Å². The third kappa shape index (κ3) is 2.65. The van der Waals surface area contributed by atoms with Crippen molar-refractivity contribution in [1.29, 1.82) is 0 Å². The van der Waals surface area contributed by atoms with Gasteiger partial charge < -0.3 is 10.3 Å². The smallest absolute Gasteiger partial charge is 0.354 e. The van der Waals surface area contributed by atoms with E-state index < -0.39 is 5.97 Å². The van der Waals surface area contributed by atoms with E-state index in [2.05, 4.69) is 4.98 Å². The van der Waals surface area contributed by atoms with Crippen molar-refractivity contribution >= 4 is 16.9 Å². The van der Waals surface area contributed by atoms with Crippen LogP contribution in [-0.2, 0) is 0 Å². The minimum absolute atomic E-state index is 0.0975. The third-order valence-electron chi connectivity index (χ3n) is 4.23. The molecule has 4 aromatic rings. The molecular formula is C21H14N2O3. The van der Waals surface area contributed by atoms with Gasteiger partial charge in [-0.1, -0.05) is 48.5 Å². The van der Waals surface area contributed by atoms with Crippen LogP contribution < -0.4 is 4.73 Å². The van der Waals surface area contributed by atoms with E-state index in [4.69, 9.17) is 0 Å². The number of aromatic nitrogens is 2. The van der Waals surface area contributed by atoms with Crippen molar-refractivity contribution in [2.45, 2.75) is 0 Å². The molecule has 4 rings (SSSR count). The maximum absolute atomic E-state index is 12.5. The summed E-state index contributed by atoms with van der Waals surface area (Å²) in [4.78, 5) is 15.9. The van der Waals surface area contributed by atoms with E-state index in [1.54, 1.807) is 24.3 Å². The van der Waals surface area contributed by atoms with E-state index in [1.165, 1.54) is 6.20 Å². The van der Waals surface area contributed by atoms with Gasteiger partial charge in [0.2, 0.25) is 5.69 Å². The Labute approximate surface area is 149 Å². The SMILES string of the molecule is O=C(O)c1cc(-c2ccccc2)c2cc[n+]([O-])c(-c3ccccc3)c2n1. The summed E-state index contributed by atoms with van der Waals surface area (Å²) in [5.74, 6) is -1.13. The summed E-state index contributed by atoms with van der Waals surface area (Å²) < 4.78 is 0.727. The van der Waals surface area contributed by atoms with Crippen LogP contribution in [0.25, 0.3) is 33.3 Å². The summed E-state index contributed by atoms with van der Waals surface area (Å²) >= 11 is 0. The van der Waals surface area contributed by atoms with Gasteiger partial charge >= 0.3 is 5.97 Å². The molecule has 2 aromatic carbocycles. The first-order chi connectivity index (χ1) is 12.6. The first-order valence-electron chi connectivity index (χ1n) is 8.06. The lowest BCUT2D eigenvalue weighted by Crippen LogP contribution is -2.29. The van der Waals surface area contributed by atoms with Gasteiger partial charge in [-0.15, -0.1) is 0 Å². The lowest BCUT2D eigenvalue weighted by atomic mass is 9.98. The Kier molecular flexibility index (Phi) is 3.82. The number of carboxylic acids is 1. The van der Waals surface area contributed by atoms with Gasteiger partial charge in [-0.05, 0) is 29.3 Å². The molecule has 0 aliphatic rings. The van der Waals surface area contributed by atoms with Gasteiger partial charge in [0.25, 0.3) is 0 Å². The number of carbonyl (C=O) groups is 1. The molecule has 126 valence electrons. The van der Waals surface area contributed by atoms with Crippen LogP contribution in [0.2, 0.25) is 0 Å².